The number of rotatable bonds is 16. The Labute approximate surface area is 227 Å². The molecular weight excluding hydrogens is 558 g/mol. The molecule has 214 valence electrons. The number of nitrogens with one attached hydrogen (secondary N) is 2. The van der Waals surface area contributed by atoms with Gasteiger partial charge in [-0.1, -0.05) is 0 Å². The summed E-state index contributed by atoms with van der Waals surface area (Å²) in [6, 6.07) is 5.19. The second-order valence-corrected chi connectivity index (χ2v) is 10.7. The number of carbonyl (C=O) groups is 4. The van der Waals surface area contributed by atoms with E-state index in [1.54, 1.807) is 0 Å². The lowest BCUT2D eigenvalue weighted by molar-refractivity contribution is -0.140. The van der Waals surface area contributed by atoms with Crippen LogP contribution in [-0.2, 0) is 33.9 Å². The minimum absolute atomic E-state index is 0.0385. The van der Waals surface area contributed by atoms with Crippen LogP contribution < -0.4 is 32.0 Å². The standard InChI is InChI=1S/C22H29N5O10S2/c23-13-4-5-14(20(21(13)31)22(24)32)37-18(30)12-36-11-10-35-9-8-26-15(28)2-1-3-16(29)27-17-6-7-19(38-17)39(25,33)34/h4-7,31H,1-3,8-12,23H2,(H2,24,32)(H,26,28)(H,27,29)(H2,25,33,34). The molecule has 0 fully saturated rings. The molecule has 9 N–H and O–H groups in total. The number of primary amides is 1. The first-order valence-corrected chi connectivity index (χ1v) is 13.7. The number of nitrogen functional groups attached to an aromatic ring is 1. The van der Waals surface area contributed by atoms with Gasteiger partial charge in [-0.15, -0.1) is 11.3 Å². The number of primary sulfonamides is 1. The molecule has 17 heteroatoms. The van der Waals surface area contributed by atoms with Crippen LogP contribution in [0.2, 0.25) is 0 Å². The highest BCUT2D eigenvalue weighted by molar-refractivity contribution is 7.91. The van der Waals surface area contributed by atoms with Crippen LogP contribution in [0.25, 0.3) is 0 Å². The highest BCUT2D eigenvalue weighted by Crippen LogP contribution is 2.32. The smallest absolute Gasteiger partial charge is 0.337 e. The molecule has 3 amide bonds. The van der Waals surface area contributed by atoms with E-state index in [4.69, 9.17) is 30.8 Å². The van der Waals surface area contributed by atoms with Crippen LogP contribution in [-0.4, -0.2) is 70.2 Å². The van der Waals surface area contributed by atoms with Crippen LogP contribution in [0.15, 0.2) is 28.5 Å². The number of amides is 3. The molecule has 0 unspecified atom stereocenters. The summed E-state index contributed by atoms with van der Waals surface area (Å²) in [5.41, 5.74) is 10.2. The lowest BCUT2D eigenvalue weighted by Gasteiger charge is -2.11. The lowest BCUT2D eigenvalue weighted by Crippen LogP contribution is -2.27. The first-order chi connectivity index (χ1) is 18.4. The van der Waals surface area contributed by atoms with Gasteiger partial charge in [0.1, 0.15) is 22.1 Å². The van der Waals surface area contributed by atoms with Crippen molar-refractivity contribution in [2.45, 2.75) is 23.5 Å². The number of ether oxygens (including phenoxy) is 3. The van der Waals surface area contributed by atoms with Crippen LogP contribution >= 0.6 is 11.3 Å². The number of aromatic hydroxyl groups is 1. The number of benzene rings is 1. The Morgan fingerprint density at radius 1 is 0.974 bits per heavy atom. The van der Waals surface area contributed by atoms with Gasteiger partial charge in [-0.05, 0) is 30.7 Å². The first-order valence-electron chi connectivity index (χ1n) is 11.3. The van der Waals surface area contributed by atoms with Crippen LogP contribution in [0, 0.1) is 0 Å². The van der Waals surface area contributed by atoms with Crippen molar-refractivity contribution in [3.05, 3.63) is 29.8 Å². The summed E-state index contributed by atoms with van der Waals surface area (Å²) in [6.45, 7) is 0.0918. The monoisotopic (exact) mass is 587 g/mol. The van der Waals surface area contributed by atoms with Gasteiger partial charge in [0.15, 0.2) is 5.75 Å². The van der Waals surface area contributed by atoms with Gasteiger partial charge in [-0.2, -0.15) is 0 Å². The third kappa shape index (κ3) is 10.9. The summed E-state index contributed by atoms with van der Waals surface area (Å²) in [4.78, 5) is 47.2. The zero-order chi connectivity index (χ0) is 29.0. The van der Waals surface area contributed by atoms with E-state index in [1.165, 1.54) is 24.3 Å². The molecule has 0 aliphatic rings. The molecule has 0 spiro atoms. The summed E-state index contributed by atoms with van der Waals surface area (Å²) >= 11 is 0.835. The molecule has 1 aromatic heterocycles. The molecular formula is C22H29N5O10S2. The highest BCUT2D eigenvalue weighted by atomic mass is 32.2. The average Bonchev–Trinajstić information content (AvgIpc) is 3.32. The largest absolute Gasteiger partial charge is 0.505 e. The second kappa shape index (κ2) is 15.0. The van der Waals surface area contributed by atoms with Crippen LogP contribution in [0.4, 0.5) is 10.7 Å². The molecule has 0 saturated heterocycles. The quantitative estimate of drug-likeness (QED) is 0.0486. The fourth-order valence-corrected chi connectivity index (χ4v) is 4.59. The van der Waals surface area contributed by atoms with E-state index in [9.17, 15) is 32.7 Å². The molecule has 0 atom stereocenters. The van der Waals surface area contributed by atoms with E-state index in [-0.39, 0.29) is 73.1 Å². The first kappa shape index (κ1) is 31.4. The van der Waals surface area contributed by atoms with Crippen molar-refractivity contribution in [3.8, 4) is 11.5 Å². The second-order valence-electron chi connectivity index (χ2n) is 7.80. The minimum atomic E-state index is -3.83. The molecule has 0 radical (unpaired) electrons. The van der Waals surface area contributed by atoms with Gasteiger partial charge in [0, 0.05) is 19.4 Å². The molecule has 0 bridgehead atoms. The van der Waals surface area contributed by atoms with Gasteiger partial charge < -0.3 is 41.4 Å². The van der Waals surface area contributed by atoms with E-state index < -0.39 is 39.8 Å². The van der Waals surface area contributed by atoms with E-state index in [2.05, 4.69) is 10.6 Å². The van der Waals surface area contributed by atoms with Crippen LogP contribution in [0.3, 0.4) is 0 Å². The number of thiophene rings is 1. The molecule has 0 aliphatic heterocycles. The molecule has 15 nitrogen and oxygen atoms in total. The molecule has 0 saturated carbocycles. The Bertz CT molecular complexity index is 1300. The number of anilines is 2. The summed E-state index contributed by atoms with van der Waals surface area (Å²) in [5.74, 6) is -3.34. The number of nitrogens with two attached hydrogens (primary N) is 3. The third-order valence-corrected chi connectivity index (χ3v) is 7.17. The zero-order valence-corrected chi connectivity index (χ0v) is 22.3. The van der Waals surface area contributed by atoms with Gasteiger partial charge in [-0.25, -0.2) is 18.4 Å². The number of hydrogen-bond donors (Lipinski definition) is 6. The van der Waals surface area contributed by atoms with Gasteiger partial charge in [-0.3, -0.25) is 14.4 Å². The molecule has 1 heterocycles. The summed E-state index contributed by atoms with van der Waals surface area (Å²) in [5, 5.41) is 20.4. The van der Waals surface area contributed by atoms with Crippen molar-refractivity contribution in [1.82, 2.24) is 5.32 Å². The van der Waals surface area contributed by atoms with Gasteiger partial charge >= 0.3 is 5.97 Å². The number of carbonyl (C=O) groups excluding carboxylic acids is 4. The van der Waals surface area contributed by atoms with E-state index in [0.717, 1.165) is 11.3 Å². The maximum absolute atomic E-state index is 11.9. The minimum Gasteiger partial charge on any atom is -0.505 e. The van der Waals surface area contributed by atoms with E-state index >= 15 is 0 Å². The predicted molar refractivity (Wildman–Crippen MR) is 139 cm³/mol. The molecule has 0 aliphatic carbocycles. The van der Waals surface area contributed by atoms with Gasteiger partial charge in [0.05, 0.1) is 30.5 Å². The number of hydrogen-bond acceptors (Lipinski definition) is 12. The summed E-state index contributed by atoms with van der Waals surface area (Å²) in [6.07, 6.45) is 0.456. The maximum atomic E-state index is 11.9. The van der Waals surface area contributed by atoms with Crippen molar-refractivity contribution in [2.75, 3.05) is 44.0 Å². The van der Waals surface area contributed by atoms with Crippen molar-refractivity contribution in [3.63, 3.8) is 0 Å². The Morgan fingerprint density at radius 3 is 2.33 bits per heavy atom. The molecule has 39 heavy (non-hydrogen) atoms. The Hall–Kier alpha value is -3.77. The van der Waals surface area contributed by atoms with Crippen molar-refractivity contribution < 1.29 is 46.9 Å². The fraction of sp³-hybridized carbons (Fsp3) is 0.364. The normalized spacial score (nSPS) is 11.1. The van der Waals surface area contributed by atoms with Crippen LogP contribution in [0.1, 0.15) is 29.6 Å². The summed E-state index contributed by atoms with van der Waals surface area (Å²) < 4.78 is 37.8. The van der Waals surface area contributed by atoms with Crippen molar-refractivity contribution in [2.24, 2.45) is 10.9 Å². The number of esters is 1. The molecule has 2 rings (SSSR count). The topological polar surface area (TPSA) is 252 Å². The number of sulfonamides is 1. The number of phenols is 1. The third-order valence-electron chi connectivity index (χ3n) is 4.73. The predicted octanol–water partition coefficient (Wildman–Crippen LogP) is -0.354. The van der Waals surface area contributed by atoms with Crippen LogP contribution in [0.5, 0.6) is 11.5 Å². The fourth-order valence-electron chi connectivity index (χ4n) is 2.94. The lowest BCUT2D eigenvalue weighted by atomic mass is 10.1. The van der Waals surface area contributed by atoms with Gasteiger partial charge in [0.25, 0.3) is 5.91 Å². The van der Waals surface area contributed by atoms with E-state index in [0.29, 0.717) is 5.00 Å². The molecule has 1 aromatic carbocycles. The molecule has 2 aromatic rings. The Kier molecular flexibility index (Phi) is 12.1. The Balaban J connectivity index is 1.52. The van der Waals surface area contributed by atoms with Crippen molar-refractivity contribution >= 4 is 55.7 Å². The zero-order valence-electron chi connectivity index (χ0n) is 20.6. The maximum Gasteiger partial charge on any atom is 0.337 e. The summed E-state index contributed by atoms with van der Waals surface area (Å²) in [7, 11) is -3.83. The average molecular weight is 588 g/mol. The Morgan fingerprint density at radius 2 is 1.67 bits per heavy atom. The van der Waals surface area contributed by atoms with E-state index in [1.807, 2.05) is 0 Å². The highest BCUT2D eigenvalue weighted by Gasteiger charge is 2.20. The van der Waals surface area contributed by atoms with Gasteiger partial charge in [0.2, 0.25) is 21.8 Å². The van der Waals surface area contributed by atoms with Crippen molar-refractivity contribution in [1.29, 1.82) is 0 Å². The SMILES string of the molecule is NC(=O)c1c(OC(=O)COCCOCCNC(=O)CCCC(=O)Nc2ccc(S(N)(=O)=O)s2)ccc(N)c1O.